The molecule has 88 valence electrons. The minimum atomic E-state index is 0.480. The Morgan fingerprint density at radius 2 is 1.94 bits per heavy atom. The summed E-state index contributed by atoms with van der Waals surface area (Å²) in [6, 6.07) is 5.64. The Labute approximate surface area is 111 Å². The third kappa shape index (κ3) is 2.86. The molecule has 1 aromatic rings. The second kappa shape index (κ2) is 5.18. The summed E-state index contributed by atoms with van der Waals surface area (Å²) < 4.78 is 0.480. The van der Waals surface area contributed by atoms with E-state index >= 15 is 0 Å². The van der Waals surface area contributed by atoms with Crippen LogP contribution in [0.25, 0.3) is 0 Å². The van der Waals surface area contributed by atoms with Gasteiger partial charge in [0.15, 0.2) is 0 Å². The smallest absolute Gasteiger partial charge is 0.0465 e. The van der Waals surface area contributed by atoms with E-state index < -0.39 is 0 Å². The average molecular weight is 276 g/mol. The van der Waals surface area contributed by atoms with Gasteiger partial charge < -0.3 is 5.32 Å². The topological polar surface area (TPSA) is 12.0 Å². The lowest BCUT2D eigenvalue weighted by molar-refractivity contribution is 0.663. The van der Waals surface area contributed by atoms with E-state index in [1.54, 1.807) is 0 Å². The summed E-state index contributed by atoms with van der Waals surface area (Å²) in [7, 11) is 0. The number of thioether (sulfide) groups is 1. The van der Waals surface area contributed by atoms with Crippen LogP contribution in [0.1, 0.15) is 18.4 Å². The zero-order valence-corrected chi connectivity index (χ0v) is 11.6. The van der Waals surface area contributed by atoms with Crippen molar-refractivity contribution in [2.24, 2.45) is 0 Å². The van der Waals surface area contributed by atoms with Gasteiger partial charge in [0.25, 0.3) is 0 Å². The molecule has 1 saturated carbocycles. The lowest BCUT2D eigenvalue weighted by Gasteiger charge is -2.14. The highest BCUT2D eigenvalue weighted by atomic mass is 35.5. The van der Waals surface area contributed by atoms with Gasteiger partial charge in [-0.3, -0.25) is 0 Å². The van der Waals surface area contributed by atoms with Crippen LogP contribution in [0.5, 0.6) is 0 Å². The molecule has 0 aromatic heterocycles. The van der Waals surface area contributed by atoms with E-state index in [1.165, 1.54) is 12.8 Å². The zero-order chi connectivity index (χ0) is 11.6. The van der Waals surface area contributed by atoms with Crippen LogP contribution in [0.2, 0.25) is 10.0 Å². The maximum absolute atomic E-state index is 6.10. The molecule has 1 fully saturated rings. The molecule has 0 radical (unpaired) electrons. The van der Waals surface area contributed by atoms with Crippen molar-refractivity contribution in [3.63, 3.8) is 0 Å². The fourth-order valence-corrected chi connectivity index (χ4v) is 3.00. The van der Waals surface area contributed by atoms with Gasteiger partial charge in [0.05, 0.1) is 0 Å². The van der Waals surface area contributed by atoms with E-state index in [0.29, 0.717) is 4.75 Å². The van der Waals surface area contributed by atoms with Gasteiger partial charge >= 0.3 is 0 Å². The highest BCUT2D eigenvalue weighted by molar-refractivity contribution is 8.00. The first-order chi connectivity index (χ1) is 7.67. The summed E-state index contributed by atoms with van der Waals surface area (Å²) in [5, 5.41) is 4.94. The maximum atomic E-state index is 6.10. The number of nitrogens with one attached hydrogen (secondary N) is 1. The van der Waals surface area contributed by atoms with Crippen LogP contribution in [0.3, 0.4) is 0 Å². The molecule has 0 spiro atoms. The zero-order valence-electron chi connectivity index (χ0n) is 9.22. The SMILES string of the molecule is CSC1(CNCc2c(Cl)cccc2Cl)CC1. The maximum Gasteiger partial charge on any atom is 0.0465 e. The number of benzene rings is 1. The molecule has 0 saturated heterocycles. The molecule has 0 heterocycles. The lowest BCUT2D eigenvalue weighted by atomic mass is 10.2. The van der Waals surface area contributed by atoms with Crippen LogP contribution >= 0.6 is 35.0 Å². The monoisotopic (exact) mass is 275 g/mol. The van der Waals surface area contributed by atoms with Crippen molar-refractivity contribution >= 4 is 35.0 Å². The summed E-state index contributed by atoms with van der Waals surface area (Å²) in [5.74, 6) is 0. The predicted molar refractivity (Wildman–Crippen MR) is 73.6 cm³/mol. The van der Waals surface area contributed by atoms with E-state index in [1.807, 2.05) is 30.0 Å². The van der Waals surface area contributed by atoms with Gasteiger partial charge in [-0.2, -0.15) is 11.8 Å². The molecule has 1 aliphatic carbocycles. The standard InChI is InChI=1S/C12H15Cl2NS/c1-16-12(5-6-12)8-15-7-9-10(13)3-2-4-11(9)14/h2-4,15H,5-8H2,1H3. The number of halogens is 2. The van der Waals surface area contributed by atoms with Gasteiger partial charge in [-0.1, -0.05) is 29.3 Å². The highest BCUT2D eigenvalue weighted by Gasteiger charge is 2.41. The molecule has 4 heteroatoms. The molecule has 0 unspecified atom stereocenters. The van der Waals surface area contributed by atoms with Gasteiger partial charge in [-0.05, 0) is 31.2 Å². The molecule has 0 bridgehead atoms. The van der Waals surface area contributed by atoms with Crippen LogP contribution in [0, 0.1) is 0 Å². The van der Waals surface area contributed by atoms with E-state index in [0.717, 1.165) is 28.7 Å². The van der Waals surface area contributed by atoms with Gasteiger partial charge in [0.1, 0.15) is 0 Å². The van der Waals surface area contributed by atoms with Gasteiger partial charge in [0, 0.05) is 33.4 Å². The molecule has 1 aliphatic rings. The molecule has 0 amide bonds. The van der Waals surface area contributed by atoms with Crippen molar-refractivity contribution in [1.29, 1.82) is 0 Å². The third-order valence-electron chi connectivity index (χ3n) is 3.05. The van der Waals surface area contributed by atoms with Crippen molar-refractivity contribution in [2.45, 2.75) is 24.1 Å². The minimum Gasteiger partial charge on any atom is -0.311 e. The van der Waals surface area contributed by atoms with Crippen LogP contribution in [-0.2, 0) is 6.54 Å². The Morgan fingerprint density at radius 3 is 2.44 bits per heavy atom. The highest BCUT2D eigenvalue weighted by Crippen LogP contribution is 2.46. The first-order valence-electron chi connectivity index (χ1n) is 5.36. The molecular weight excluding hydrogens is 261 g/mol. The average Bonchev–Trinajstić information content (AvgIpc) is 3.03. The van der Waals surface area contributed by atoms with E-state index in [2.05, 4.69) is 11.6 Å². The Kier molecular flexibility index (Phi) is 4.06. The molecule has 1 aromatic carbocycles. The van der Waals surface area contributed by atoms with Crippen LogP contribution in [-0.4, -0.2) is 17.5 Å². The largest absolute Gasteiger partial charge is 0.311 e. The molecular formula is C12H15Cl2NS. The second-order valence-corrected chi connectivity index (χ2v) is 6.28. The van der Waals surface area contributed by atoms with Crippen LogP contribution < -0.4 is 5.32 Å². The quantitative estimate of drug-likeness (QED) is 0.873. The molecule has 1 nitrogen and oxygen atoms in total. The number of hydrogen-bond acceptors (Lipinski definition) is 2. The van der Waals surface area contributed by atoms with Crippen molar-refractivity contribution in [3.8, 4) is 0 Å². The number of rotatable bonds is 5. The molecule has 2 rings (SSSR count). The summed E-state index contributed by atoms with van der Waals surface area (Å²) >= 11 is 14.2. The van der Waals surface area contributed by atoms with Crippen molar-refractivity contribution in [2.75, 3.05) is 12.8 Å². The lowest BCUT2D eigenvalue weighted by Crippen LogP contribution is -2.25. The van der Waals surface area contributed by atoms with Crippen molar-refractivity contribution < 1.29 is 0 Å². The Hall–Kier alpha value is 0.110. The normalized spacial score (nSPS) is 17.4. The molecule has 0 aliphatic heterocycles. The van der Waals surface area contributed by atoms with Gasteiger partial charge in [-0.25, -0.2) is 0 Å². The fraction of sp³-hybridized carbons (Fsp3) is 0.500. The minimum absolute atomic E-state index is 0.480. The van der Waals surface area contributed by atoms with E-state index in [4.69, 9.17) is 23.2 Å². The first-order valence-corrected chi connectivity index (χ1v) is 7.34. The molecule has 1 N–H and O–H groups in total. The fourth-order valence-electron chi connectivity index (χ4n) is 1.71. The summed E-state index contributed by atoms with van der Waals surface area (Å²) in [6.45, 7) is 1.79. The Balaban J connectivity index is 1.90. The summed E-state index contributed by atoms with van der Waals surface area (Å²) in [6.07, 6.45) is 4.81. The molecule has 16 heavy (non-hydrogen) atoms. The van der Waals surface area contributed by atoms with Crippen LogP contribution in [0.15, 0.2) is 18.2 Å². The predicted octanol–water partition coefficient (Wildman–Crippen LogP) is 3.98. The van der Waals surface area contributed by atoms with Crippen molar-refractivity contribution in [3.05, 3.63) is 33.8 Å². The summed E-state index contributed by atoms with van der Waals surface area (Å²) in [5.41, 5.74) is 1.00. The van der Waals surface area contributed by atoms with E-state index in [9.17, 15) is 0 Å². The number of hydrogen-bond donors (Lipinski definition) is 1. The van der Waals surface area contributed by atoms with Crippen LogP contribution in [0.4, 0.5) is 0 Å². The Morgan fingerprint density at radius 1 is 1.31 bits per heavy atom. The van der Waals surface area contributed by atoms with Gasteiger partial charge in [0.2, 0.25) is 0 Å². The summed E-state index contributed by atoms with van der Waals surface area (Å²) in [4.78, 5) is 0. The molecule has 0 atom stereocenters. The van der Waals surface area contributed by atoms with Gasteiger partial charge in [-0.15, -0.1) is 0 Å². The first kappa shape index (κ1) is 12.6. The Bertz CT molecular complexity index is 357. The van der Waals surface area contributed by atoms with Crippen molar-refractivity contribution in [1.82, 2.24) is 5.32 Å². The second-order valence-electron chi connectivity index (χ2n) is 4.19. The third-order valence-corrected chi connectivity index (χ3v) is 5.18. The van der Waals surface area contributed by atoms with E-state index in [-0.39, 0.29) is 0 Å².